The zero-order valence-corrected chi connectivity index (χ0v) is 12.2. The van der Waals surface area contributed by atoms with Gasteiger partial charge in [0.1, 0.15) is 5.69 Å². The van der Waals surface area contributed by atoms with E-state index >= 15 is 0 Å². The van der Waals surface area contributed by atoms with Gasteiger partial charge in [0.2, 0.25) is 5.82 Å². The summed E-state index contributed by atoms with van der Waals surface area (Å²) in [4.78, 5) is 10.7. The molecule has 0 amide bonds. The van der Waals surface area contributed by atoms with E-state index in [2.05, 4.69) is 6.08 Å². The van der Waals surface area contributed by atoms with Crippen molar-refractivity contribution in [1.29, 1.82) is 0 Å². The van der Waals surface area contributed by atoms with Gasteiger partial charge in [-0.15, -0.1) is 0 Å². The quantitative estimate of drug-likeness (QED) is 0.511. The van der Waals surface area contributed by atoms with Crippen LogP contribution in [0.1, 0.15) is 17.7 Å². The van der Waals surface area contributed by atoms with Gasteiger partial charge in [0.05, 0.1) is 10.4 Å². The van der Waals surface area contributed by atoms with Crippen LogP contribution in [0, 0.1) is 15.9 Å². The van der Waals surface area contributed by atoms with Crippen molar-refractivity contribution in [2.24, 2.45) is 0 Å². The minimum atomic E-state index is -0.814. The van der Waals surface area contributed by atoms with Gasteiger partial charge < -0.3 is 4.57 Å². The average molecular weight is 308 g/mol. The average Bonchev–Trinajstić information content (AvgIpc) is 2.89. The largest absolute Gasteiger partial charge is 0.328 e. The minimum Gasteiger partial charge on any atom is -0.307 e. The molecule has 23 heavy (non-hydrogen) atoms. The molecule has 4 rings (SSSR count). The summed E-state index contributed by atoms with van der Waals surface area (Å²) in [5.74, 6) is -0.814. The van der Waals surface area contributed by atoms with Gasteiger partial charge in [-0.05, 0) is 31.0 Å². The van der Waals surface area contributed by atoms with E-state index < -0.39 is 16.4 Å². The van der Waals surface area contributed by atoms with Crippen LogP contribution in [-0.2, 0) is 6.42 Å². The Morgan fingerprint density at radius 3 is 2.78 bits per heavy atom. The number of rotatable bonds is 2. The second-order valence-electron chi connectivity index (χ2n) is 5.52. The Labute approximate surface area is 131 Å². The van der Waals surface area contributed by atoms with Gasteiger partial charge in [0.15, 0.2) is 0 Å². The zero-order valence-electron chi connectivity index (χ0n) is 12.2. The molecule has 0 saturated carbocycles. The van der Waals surface area contributed by atoms with E-state index in [1.807, 2.05) is 34.9 Å². The van der Waals surface area contributed by atoms with Crippen LogP contribution in [0.15, 0.2) is 48.5 Å². The number of allylic oxidation sites excluding steroid dienone is 1. The van der Waals surface area contributed by atoms with Gasteiger partial charge in [0, 0.05) is 16.6 Å². The first-order valence-electron chi connectivity index (χ1n) is 7.40. The summed E-state index contributed by atoms with van der Waals surface area (Å²) in [5.41, 5.74) is 2.71. The van der Waals surface area contributed by atoms with Crippen molar-refractivity contribution in [2.45, 2.75) is 12.8 Å². The molecule has 0 N–H and O–H groups in total. The van der Waals surface area contributed by atoms with Crippen molar-refractivity contribution in [3.8, 4) is 5.69 Å². The number of aromatic nitrogens is 1. The molecule has 0 unspecified atom stereocenters. The Kier molecular flexibility index (Phi) is 3.01. The maximum absolute atomic E-state index is 14.1. The first kappa shape index (κ1) is 13.7. The van der Waals surface area contributed by atoms with Crippen molar-refractivity contribution in [3.05, 3.63) is 75.7 Å². The number of halogens is 1. The molecule has 114 valence electrons. The predicted molar refractivity (Wildman–Crippen MR) is 87.2 cm³/mol. The lowest BCUT2D eigenvalue weighted by atomic mass is 10.0. The fraction of sp³-hybridized carbons (Fsp3) is 0.111. The third kappa shape index (κ3) is 1.97. The molecule has 0 saturated heterocycles. The Morgan fingerprint density at radius 1 is 1.13 bits per heavy atom. The van der Waals surface area contributed by atoms with E-state index in [0.717, 1.165) is 41.1 Å². The summed E-state index contributed by atoms with van der Waals surface area (Å²) in [6, 6.07) is 12.0. The van der Waals surface area contributed by atoms with Crippen LogP contribution in [0.25, 0.3) is 22.7 Å². The molecule has 0 fully saturated rings. The fourth-order valence-electron chi connectivity index (χ4n) is 3.31. The summed E-state index contributed by atoms with van der Waals surface area (Å²) in [5, 5.41) is 12.4. The van der Waals surface area contributed by atoms with Gasteiger partial charge in [-0.3, -0.25) is 10.1 Å². The summed E-state index contributed by atoms with van der Waals surface area (Å²) in [6.45, 7) is 0. The maximum atomic E-state index is 14.1. The normalized spacial score (nSPS) is 13.3. The van der Waals surface area contributed by atoms with Crippen molar-refractivity contribution in [1.82, 2.24) is 4.57 Å². The number of benzene rings is 2. The van der Waals surface area contributed by atoms with Crippen molar-refractivity contribution < 1.29 is 9.31 Å². The molecule has 0 spiro atoms. The van der Waals surface area contributed by atoms with Gasteiger partial charge >= 0.3 is 5.69 Å². The minimum absolute atomic E-state index is 0.280. The molecule has 1 aromatic heterocycles. The third-order valence-electron chi connectivity index (χ3n) is 4.24. The Bertz CT molecular complexity index is 973. The topological polar surface area (TPSA) is 48.1 Å². The molecule has 0 radical (unpaired) electrons. The van der Waals surface area contributed by atoms with E-state index in [1.165, 1.54) is 6.07 Å². The summed E-state index contributed by atoms with van der Waals surface area (Å²) < 4.78 is 15.9. The molecule has 5 heteroatoms. The lowest BCUT2D eigenvalue weighted by Crippen LogP contribution is -2.07. The predicted octanol–water partition coefficient (Wildman–Crippen LogP) is 4.64. The van der Waals surface area contributed by atoms with Gasteiger partial charge in [0.25, 0.3) is 0 Å². The van der Waals surface area contributed by atoms with Crippen molar-refractivity contribution in [3.63, 3.8) is 0 Å². The summed E-state index contributed by atoms with van der Waals surface area (Å²) in [7, 11) is 0. The van der Waals surface area contributed by atoms with Gasteiger partial charge in [-0.1, -0.05) is 36.4 Å². The molecule has 0 aliphatic heterocycles. The molecule has 0 atom stereocenters. The number of hydrogen-bond acceptors (Lipinski definition) is 2. The molecule has 4 nitrogen and oxygen atoms in total. The monoisotopic (exact) mass is 308 g/mol. The highest BCUT2D eigenvalue weighted by atomic mass is 19.1. The highest BCUT2D eigenvalue weighted by Crippen LogP contribution is 2.37. The molecule has 0 bridgehead atoms. The summed E-state index contributed by atoms with van der Waals surface area (Å²) >= 11 is 0. The number of nitrogens with zero attached hydrogens (tertiary/aromatic N) is 2. The Balaban J connectivity index is 2.14. The van der Waals surface area contributed by atoms with Crippen molar-refractivity contribution in [2.75, 3.05) is 0 Å². The standard InChI is InChI=1S/C18H13FN2O2/c19-14-8-5-11-17(18(14)21(22)23)20-15-9-3-1-6-12(15)13-7-2-4-10-16(13)20/h1-3,5-9,11H,4,10H2. The molecule has 1 heterocycles. The van der Waals surface area contributed by atoms with E-state index in [0.29, 0.717) is 0 Å². The summed E-state index contributed by atoms with van der Waals surface area (Å²) in [6.07, 6.45) is 5.78. The highest BCUT2D eigenvalue weighted by molar-refractivity contribution is 5.93. The van der Waals surface area contributed by atoms with Gasteiger partial charge in [-0.2, -0.15) is 4.39 Å². The lowest BCUT2D eigenvalue weighted by Gasteiger charge is -2.13. The molecule has 1 aliphatic rings. The van der Waals surface area contributed by atoms with E-state index in [1.54, 1.807) is 6.07 Å². The second-order valence-corrected chi connectivity index (χ2v) is 5.52. The Hall–Kier alpha value is -2.95. The third-order valence-corrected chi connectivity index (χ3v) is 4.24. The number of nitro groups is 1. The van der Waals surface area contributed by atoms with Crippen LogP contribution in [0.2, 0.25) is 0 Å². The SMILES string of the molecule is O=[N+]([O-])c1c(F)cccc1-n1c2c(c3ccccc31)C=CCC2. The zero-order chi connectivity index (χ0) is 16.0. The van der Waals surface area contributed by atoms with Crippen LogP contribution >= 0.6 is 0 Å². The highest BCUT2D eigenvalue weighted by Gasteiger charge is 2.26. The van der Waals surface area contributed by atoms with E-state index in [9.17, 15) is 14.5 Å². The molecular weight excluding hydrogens is 295 g/mol. The first-order valence-corrected chi connectivity index (χ1v) is 7.40. The molecule has 1 aliphatic carbocycles. The van der Waals surface area contributed by atoms with E-state index in [4.69, 9.17) is 0 Å². The lowest BCUT2D eigenvalue weighted by molar-refractivity contribution is -0.387. The van der Waals surface area contributed by atoms with Crippen molar-refractivity contribution >= 4 is 22.7 Å². The maximum Gasteiger partial charge on any atom is 0.328 e. The number of fused-ring (bicyclic) bond motifs is 3. The van der Waals surface area contributed by atoms with E-state index in [-0.39, 0.29) is 5.69 Å². The van der Waals surface area contributed by atoms with Gasteiger partial charge in [-0.25, -0.2) is 0 Å². The van der Waals surface area contributed by atoms with Crippen LogP contribution in [0.3, 0.4) is 0 Å². The van der Waals surface area contributed by atoms with Crippen LogP contribution < -0.4 is 0 Å². The smallest absolute Gasteiger partial charge is 0.307 e. The second kappa shape index (κ2) is 5.05. The number of hydrogen-bond donors (Lipinski definition) is 0. The van der Waals surface area contributed by atoms with Crippen LogP contribution in [0.4, 0.5) is 10.1 Å². The first-order chi connectivity index (χ1) is 11.2. The number of nitro benzene ring substituents is 1. The number of para-hydroxylation sites is 2. The van der Waals surface area contributed by atoms with Crippen LogP contribution in [-0.4, -0.2) is 9.49 Å². The van der Waals surface area contributed by atoms with Crippen LogP contribution in [0.5, 0.6) is 0 Å². The molecular formula is C18H13FN2O2. The molecule has 2 aromatic carbocycles. The Morgan fingerprint density at radius 2 is 1.96 bits per heavy atom. The molecule has 3 aromatic rings. The fourth-order valence-corrected chi connectivity index (χ4v) is 3.31.